The van der Waals surface area contributed by atoms with E-state index in [2.05, 4.69) is 17.2 Å². The number of esters is 1. The van der Waals surface area contributed by atoms with Gasteiger partial charge in [-0.05, 0) is 57.8 Å². The number of fused-ring (bicyclic) bond motifs is 1. The van der Waals surface area contributed by atoms with Crippen molar-refractivity contribution in [3.63, 3.8) is 0 Å². The van der Waals surface area contributed by atoms with Crippen LogP contribution in [0, 0.1) is 39.7 Å². The number of unbranched alkanes of at least 4 members (excludes halogenated alkanes) is 1. The minimum absolute atomic E-state index is 0.0208. The number of amides is 1. The number of aliphatic hydroxyl groups excluding tert-OH is 1. The first-order chi connectivity index (χ1) is 22.2. The van der Waals surface area contributed by atoms with E-state index >= 15 is 0 Å². The van der Waals surface area contributed by atoms with Gasteiger partial charge in [-0.25, -0.2) is 4.79 Å². The quantitative estimate of drug-likeness (QED) is 0.167. The molecule has 13 heteroatoms. The third-order valence-corrected chi connectivity index (χ3v) is 10.1. The summed E-state index contributed by atoms with van der Waals surface area (Å²) in [6, 6.07) is 5.53. The maximum atomic E-state index is 13.9. The largest absolute Gasteiger partial charge is 0.458 e. The number of ketones is 1. The van der Waals surface area contributed by atoms with Crippen LogP contribution < -0.4 is 0 Å². The number of nitro benzene ring substituents is 1. The number of ether oxygens (including phenoxy) is 2. The number of nitro groups is 1. The van der Waals surface area contributed by atoms with E-state index < -0.39 is 52.7 Å². The molecule has 1 aromatic carbocycles. The molecule has 47 heavy (non-hydrogen) atoms. The fraction of sp³-hybridized carbons (Fsp3) is 0.676. The summed E-state index contributed by atoms with van der Waals surface area (Å²) in [5.74, 6) is -2.19. The van der Waals surface area contributed by atoms with Crippen LogP contribution in [0.5, 0.6) is 0 Å². The number of non-ortho nitro benzene ring substituents is 1. The molecular formula is C34H49N5O8. The van der Waals surface area contributed by atoms with Gasteiger partial charge in [0.1, 0.15) is 17.6 Å². The molecule has 2 aliphatic rings. The van der Waals surface area contributed by atoms with E-state index in [0.29, 0.717) is 56.5 Å². The van der Waals surface area contributed by atoms with E-state index in [0.717, 1.165) is 0 Å². The SMILES string of the molecule is CC[C@H]1OC(=O)[C@H](C)[C@@H](O)[C@H](C)C[C@@H](C)C[C@@H](C)C(=O)[C@H](C)C2N(CCCCn3cc(-c4cccc([N+](=O)[O-])c4)nn3)C(=O)O[C@@]21C. The van der Waals surface area contributed by atoms with Crippen molar-refractivity contribution in [2.45, 2.75) is 111 Å². The first-order valence-electron chi connectivity index (χ1n) is 16.7. The molecule has 4 rings (SSSR count). The van der Waals surface area contributed by atoms with E-state index in [1.807, 2.05) is 27.7 Å². The van der Waals surface area contributed by atoms with Crippen molar-refractivity contribution < 1.29 is 33.9 Å². The minimum atomic E-state index is -1.29. The summed E-state index contributed by atoms with van der Waals surface area (Å²) in [4.78, 5) is 53.1. The summed E-state index contributed by atoms with van der Waals surface area (Å²) in [6.45, 7) is 13.8. The van der Waals surface area contributed by atoms with Crippen molar-refractivity contribution in [1.29, 1.82) is 0 Å². The molecule has 1 unspecified atom stereocenters. The smallest absolute Gasteiger partial charge is 0.410 e. The number of hydrogen-bond acceptors (Lipinski definition) is 10. The molecule has 13 nitrogen and oxygen atoms in total. The van der Waals surface area contributed by atoms with Crippen LogP contribution in [0.3, 0.4) is 0 Å². The number of carbonyl (C=O) groups excluding carboxylic acids is 3. The zero-order chi connectivity index (χ0) is 34.6. The maximum absolute atomic E-state index is 13.9. The second kappa shape index (κ2) is 14.9. The normalized spacial score (nSPS) is 32.3. The summed E-state index contributed by atoms with van der Waals surface area (Å²) in [5, 5.41) is 30.5. The Morgan fingerprint density at radius 2 is 1.77 bits per heavy atom. The van der Waals surface area contributed by atoms with E-state index in [9.17, 15) is 29.6 Å². The van der Waals surface area contributed by atoms with Crippen molar-refractivity contribution in [1.82, 2.24) is 19.9 Å². The van der Waals surface area contributed by atoms with E-state index in [4.69, 9.17) is 9.47 Å². The van der Waals surface area contributed by atoms with Gasteiger partial charge in [-0.15, -0.1) is 5.10 Å². The fourth-order valence-corrected chi connectivity index (χ4v) is 7.54. The maximum Gasteiger partial charge on any atom is 0.410 e. The molecule has 0 saturated carbocycles. The van der Waals surface area contributed by atoms with Gasteiger partial charge >= 0.3 is 12.1 Å². The number of aromatic nitrogens is 3. The van der Waals surface area contributed by atoms with Crippen LogP contribution in [0.15, 0.2) is 30.5 Å². The highest BCUT2D eigenvalue weighted by Gasteiger charge is 2.59. The molecule has 1 N–H and O–H groups in total. The molecule has 3 heterocycles. The Kier molecular flexibility index (Phi) is 11.4. The van der Waals surface area contributed by atoms with E-state index in [1.54, 1.807) is 41.8 Å². The highest BCUT2D eigenvalue weighted by molar-refractivity contribution is 5.85. The van der Waals surface area contributed by atoms with E-state index in [1.165, 1.54) is 12.1 Å². The zero-order valence-corrected chi connectivity index (χ0v) is 28.5. The second-order valence-corrected chi connectivity index (χ2v) is 13.8. The van der Waals surface area contributed by atoms with Crippen molar-refractivity contribution in [3.8, 4) is 11.3 Å². The monoisotopic (exact) mass is 655 g/mol. The summed E-state index contributed by atoms with van der Waals surface area (Å²) in [6.07, 6.45) is 2.26. The average molecular weight is 656 g/mol. The Bertz CT molecular complexity index is 1450. The van der Waals surface area contributed by atoms with Crippen LogP contribution in [0.4, 0.5) is 10.5 Å². The molecule has 0 spiro atoms. The number of benzene rings is 1. The fourth-order valence-electron chi connectivity index (χ4n) is 7.54. The molecule has 2 saturated heterocycles. The van der Waals surface area contributed by atoms with Crippen molar-refractivity contribution in [2.24, 2.45) is 29.6 Å². The number of Topliss-reactive ketones (excluding diaryl/α,β-unsaturated/α-hetero) is 1. The number of aliphatic hydroxyl groups is 1. The highest BCUT2D eigenvalue weighted by Crippen LogP contribution is 2.41. The first kappa shape index (κ1) is 36.0. The Labute approximate surface area is 276 Å². The summed E-state index contributed by atoms with van der Waals surface area (Å²) < 4.78 is 13.7. The van der Waals surface area contributed by atoms with Crippen LogP contribution in [0.1, 0.15) is 80.6 Å². The number of nitrogens with zero attached hydrogens (tertiary/aromatic N) is 5. The predicted molar refractivity (Wildman–Crippen MR) is 173 cm³/mol. The molecule has 9 atom stereocenters. The van der Waals surface area contributed by atoms with Crippen LogP contribution in [-0.4, -0.2) is 78.2 Å². The molecule has 2 aromatic rings. The molecule has 0 radical (unpaired) electrons. The average Bonchev–Trinajstić information content (AvgIpc) is 3.61. The van der Waals surface area contributed by atoms with Gasteiger partial charge in [0.05, 0.1) is 29.2 Å². The molecule has 1 amide bonds. The lowest BCUT2D eigenvalue weighted by Gasteiger charge is -2.41. The van der Waals surface area contributed by atoms with Crippen LogP contribution >= 0.6 is 0 Å². The van der Waals surface area contributed by atoms with Gasteiger partial charge in [0.2, 0.25) is 0 Å². The predicted octanol–water partition coefficient (Wildman–Crippen LogP) is 5.44. The molecule has 0 aliphatic carbocycles. The molecule has 2 fully saturated rings. The van der Waals surface area contributed by atoms with Crippen molar-refractivity contribution in [3.05, 3.63) is 40.6 Å². The minimum Gasteiger partial charge on any atom is -0.458 e. The lowest BCUT2D eigenvalue weighted by Crippen LogP contribution is -2.57. The van der Waals surface area contributed by atoms with Crippen LogP contribution in [0.2, 0.25) is 0 Å². The van der Waals surface area contributed by atoms with Gasteiger partial charge in [-0.3, -0.25) is 24.4 Å². The Balaban J connectivity index is 1.52. The van der Waals surface area contributed by atoms with Gasteiger partial charge in [-0.1, -0.05) is 52.0 Å². The van der Waals surface area contributed by atoms with Crippen LogP contribution in [0.25, 0.3) is 11.3 Å². The van der Waals surface area contributed by atoms with Gasteiger partial charge in [-0.2, -0.15) is 0 Å². The number of hydrogen-bond donors (Lipinski definition) is 1. The Morgan fingerprint density at radius 1 is 1.06 bits per heavy atom. The van der Waals surface area contributed by atoms with E-state index in [-0.39, 0.29) is 29.2 Å². The lowest BCUT2D eigenvalue weighted by atomic mass is 9.75. The molecule has 2 aliphatic heterocycles. The van der Waals surface area contributed by atoms with Crippen LogP contribution in [-0.2, 0) is 25.6 Å². The summed E-state index contributed by atoms with van der Waals surface area (Å²) in [5.41, 5.74) is -0.219. The molecule has 1 aromatic heterocycles. The van der Waals surface area contributed by atoms with Crippen molar-refractivity contribution >= 4 is 23.5 Å². The Morgan fingerprint density at radius 3 is 2.45 bits per heavy atom. The third kappa shape index (κ3) is 7.82. The van der Waals surface area contributed by atoms with Gasteiger partial charge in [0.25, 0.3) is 5.69 Å². The first-order valence-corrected chi connectivity index (χ1v) is 16.7. The third-order valence-electron chi connectivity index (χ3n) is 10.1. The van der Waals surface area contributed by atoms with Gasteiger partial charge in [0, 0.05) is 42.6 Å². The highest BCUT2D eigenvalue weighted by atomic mass is 16.6. The number of carbonyl (C=O) groups is 3. The standard InChI is InChI=1S/C34H49N5O8/c1-8-28-34(7)31(23(5)29(40)21(3)16-20(2)17-22(4)30(41)24(6)32(42)46-28)38(33(43)47-34)15-10-9-14-37-19-27(35-36-37)25-12-11-13-26(18-25)39(44)45/h11-13,18-24,28,30-31,41H,8-10,14-17H2,1-7H3/t20-,21+,22+,23-,24+,28+,30-,31?,34+/m0/s1. The zero-order valence-electron chi connectivity index (χ0n) is 28.5. The van der Waals surface area contributed by atoms with Gasteiger partial charge in [0.15, 0.2) is 5.60 Å². The summed E-state index contributed by atoms with van der Waals surface area (Å²) >= 11 is 0. The number of aryl methyl sites for hydroxylation is 1. The summed E-state index contributed by atoms with van der Waals surface area (Å²) in [7, 11) is 0. The Hall–Kier alpha value is -3.87. The lowest BCUT2D eigenvalue weighted by molar-refractivity contribution is -0.384. The van der Waals surface area contributed by atoms with Crippen molar-refractivity contribution in [2.75, 3.05) is 6.54 Å². The molecule has 0 bridgehead atoms. The molecule has 258 valence electrons. The second-order valence-electron chi connectivity index (χ2n) is 13.8. The topological polar surface area (TPSA) is 167 Å². The number of rotatable bonds is 8. The molecular weight excluding hydrogens is 606 g/mol. The van der Waals surface area contributed by atoms with Gasteiger partial charge < -0.3 is 19.5 Å². The number of cyclic esters (lactones) is 1.